The molecule has 0 spiro atoms. The number of rotatable bonds is 6. The Balaban J connectivity index is 1.71. The van der Waals surface area contributed by atoms with Crippen LogP contribution in [0.2, 0.25) is 0 Å². The average Bonchev–Trinajstić information content (AvgIpc) is 2.78. The van der Waals surface area contributed by atoms with E-state index in [1.807, 2.05) is 0 Å². The van der Waals surface area contributed by atoms with Gasteiger partial charge in [0.25, 0.3) is 11.6 Å². The van der Waals surface area contributed by atoms with Gasteiger partial charge in [-0.05, 0) is 42.3 Å². The van der Waals surface area contributed by atoms with Crippen molar-refractivity contribution in [2.45, 2.75) is 13.1 Å². The third-order valence-corrected chi connectivity index (χ3v) is 4.78. The van der Waals surface area contributed by atoms with Crippen molar-refractivity contribution in [1.29, 1.82) is 0 Å². The van der Waals surface area contributed by atoms with E-state index in [-0.39, 0.29) is 22.5 Å². The molecule has 3 aromatic carbocycles. The molecular formula is C23H17F3N2O5. The molecule has 3 rings (SSSR count). The summed E-state index contributed by atoms with van der Waals surface area (Å²) in [6.07, 6.45) is -4.48. The highest BCUT2D eigenvalue weighted by Crippen LogP contribution is 2.32. The van der Waals surface area contributed by atoms with Crippen LogP contribution in [0.15, 0.2) is 66.7 Å². The Kier molecular flexibility index (Phi) is 6.76. The van der Waals surface area contributed by atoms with Crippen molar-refractivity contribution in [3.05, 3.63) is 93.5 Å². The van der Waals surface area contributed by atoms with Crippen molar-refractivity contribution in [2.75, 3.05) is 11.9 Å². The summed E-state index contributed by atoms with van der Waals surface area (Å²) in [6, 6.07) is 14.6. The quantitative estimate of drug-likeness (QED) is 0.304. The smallest absolute Gasteiger partial charge is 0.416 e. The first-order chi connectivity index (χ1) is 15.6. The molecule has 0 aromatic heterocycles. The molecule has 0 unspecified atom stereocenters. The highest BCUT2D eigenvalue weighted by Gasteiger charge is 2.30. The van der Waals surface area contributed by atoms with Crippen LogP contribution in [0.5, 0.6) is 0 Å². The fourth-order valence-corrected chi connectivity index (χ4v) is 3.10. The number of hydrogen-bond donors (Lipinski definition) is 1. The van der Waals surface area contributed by atoms with Crippen LogP contribution in [0.3, 0.4) is 0 Å². The van der Waals surface area contributed by atoms with Gasteiger partial charge in [-0.2, -0.15) is 13.2 Å². The van der Waals surface area contributed by atoms with Gasteiger partial charge in [0, 0.05) is 6.07 Å². The van der Waals surface area contributed by atoms with E-state index in [1.54, 1.807) is 18.2 Å². The van der Waals surface area contributed by atoms with Crippen LogP contribution in [0, 0.1) is 17.0 Å². The molecule has 7 nitrogen and oxygen atoms in total. The minimum Gasteiger partial charge on any atom is -0.452 e. The number of ether oxygens (including phenoxy) is 1. The average molecular weight is 458 g/mol. The number of halogens is 3. The van der Waals surface area contributed by atoms with Crippen molar-refractivity contribution >= 4 is 23.3 Å². The lowest BCUT2D eigenvalue weighted by Crippen LogP contribution is -2.21. The van der Waals surface area contributed by atoms with Gasteiger partial charge in [0.05, 0.1) is 27.3 Å². The summed E-state index contributed by atoms with van der Waals surface area (Å²) >= 11 is 0. The molecule has 0 saturated carbocycles. The molecule has 0 fully saturated rings. The van der Waals surface area contributed by atoms with Crippen LogP contribution in [0.4, 0.5) is 24.5 Å². The number of nitro benzene ring substituents is 1. The standard InChI is InChI=1S/C23H17F3N2O5/c1-14-19(7-4-8-20(14)28(31)32)27-21(29)13-33-22(30)18-6-3-2-5-17(18)15-9-11-16(12-10-15)23(24,25)26/h2-12H,13H2,1H3,(H,27,29). The molecule has 1 N–H and O–H groups in total. The Bertz CT molecular complexity index is 1210. The number of carbonyl (C=O) groups is 2. The maximum absolute atomic E-state index is 12.8. The summed E-state index contributed by atoms with van der Waals surface area (Å²) in [5.41, 5.74) is 0.231. The van der Waals surface area contributed by atoms with E-state index < -0.39 is 35.1 Å². The lowest BCUT2D eigenvalue weighted by Gasteiger charge is -2.12. The van der Waals surface area contributed by atoms with E-state index in [0.29, 0.717) is 11.1 Å². The van der Waals surface area contributed by atoms with E-state index in [2.05, 4.69) is 5.32 Å². The molecule has 3 aromatic rings. The first kappa shape index (κ1) is 23.5. The Morgan fingerprint density at radius 3 is 2.30 bits per heavy atom. The molecular weight excluding hydrogens is 441 g/mol. The molecule has 1 amide bonds. The molecule has 0 aliphatic heterocycles. The third kappa shape index (κ3) is 5.53. The molecule has 0 atom stereocenters. The van der Waals surface area contributed by atoms with Gasteiger partial charge in [-0.25, -0.2) is 4.79 Å². The van der Waals surface area contributed by atoms with E-state index in [1.165, 1.54) is 43.3 Å². The Morgan fingerprint density at radius 2 is 1.67 bits per heavy atom. The zero-order valence-electron chi connectivity index (χ0n) is 17.2. The number of alkyl halides is 3. The molecule has 10 heteroatoms. The van der Waals surface area contributed by atoms with Crippen LogP contribution in [-0.2, 0) is 15.7 Å². The molecule has 0 heterocycles. The molecule has 0 saturated heterocycles. The van der Waals surface area contributed by atoms with Gasteiger partial charge in [-0.3, -0.25) is 14.9 Å². The fourth-order valence-electron chi connectivity index (χ4n) is 3.10. The highest BCUT2D eigenvalue weighted by molar-refractivity contribution is 5.99. The second-order valence-corrected chi connectivity index (χ2v) is 6.95. The van der Waals surface area contributed by atoms with Gasteiger partial charge < -0.3 is 10.1 Å². The topological polar surface area (TPSA) is 98.5 Å². The molecule has 33 heavy (non-hydrogen) atoms. The van der Waals surface area contributed by atoms with Crippen molar-refractivity contribution in [2.24, 2.45) is 0 Å². The normalized spacial score (nSPS) is 11.0. The molecule has 0 aliphatic rings. The first-order valence-corrected chi connectivity index (χ1v) is 9.55. The maximum Gasteiger partial charge on any atom is 0.416 e. The predicted molar refractivity (Wildman–Crippen MR) is 114 cm³/mol. The first-order valence-electron chi connectivity index (χ1n) is 9.55. The Hall–Kier alpha value is -4.21. The number of nitrogens with one attached hydrogen (secondary N) is 1. The van der Waals surface area contributed by atoms with Crippen molar-refractivity contribution in [1.82, 2.24) is 0 Å². The van der Waals surface area contributed by atoms with Gasteiger partial charge >= 0.3 is 12.1 Å². The highest BCUT2D eigenvalue weighted by atomic mass is 19.4. The van der Waals surface area contributed by atoms with Gasteiger partial charge in [0.1, 0.15) is 0 Å². The largest absolute Gasteiger partial charge is 0.452 e. The fraction of sp³-hybridized carbons (Fsp3) is 0.130. The second-order valence-electron chi connectivity index (χ2n) is 6.95. The number of esters is 1. The maximum atomic E-state index is 12.8. The molecule has 0 radical (unpaired) electrons. The van der Waals surface area contributed by atoms with Crippen LogP contribution >= 0.6 is 0 Å². The molecule has 0 bridgehead atoms. The minimum absolute atomic E-state index is 0.0663. The van der Waals surface area contributed by atoms with Crippen LogP contribution in [-0.4, -0.2) is 23.4 Å². The van der Waals surface area contributed by atoms with Crippen molar-refractivity contribution in [3.63, 3.8) is 0 Å². The van der Waals surface area contributed by atoms with Gasteiger partial charge in [0.2, 0.25) is 0 Å². The summed E-state index contributed by atoms with van der Waals surface area (Å²) in [6.45, 7) is 0.808. The summed E-state index contributed by atoms with van der Waals surface area (Å²) in [4.78, 5) is 35.2. The zero-order chi connectivity index (χ0) is 24.2. The second kappa shape index (κ2) is 9.51. The van der Waals surface area contributed by atoms with Crippen molar-refractivity contribution in [3.8, 4) is 11.1 Å². The number of amides is 1. The Morgan fingerprint density at radius 1 is 1.00 bits per heavy atom. The van der Waals surface area contributed by atoms with E-state index in [4.69, 9.17) is 4.74 Å². The van der Waals surface area contributed by atoms with Gasteiger partial charge in [-0.15, -0.1) is 0 Å². The molecule has 0 aliphatic carbocycles. The van der Waals surface area contributed by atoms with Gasteiger partial charge in [-0.1, -0.05) is 36.4 Å². The van der Waals surface area contributed by atoms with Gasteiger partial charge in [0.15, 0.2) is 6.61 Å². The van der Waals surface area contributed by atoms with E-state index >= 15 is 0 Å². The van der Waals surface area contributed by atoms with E-state index in [0.717, 1.165) is 12.1 Å². The SMILES string of the molecule is Cc1c(NC(=O)COC(=O)c2ccccc2-c2ccc(C(F)(F)F)cc2)cccc1[N+](=O)[O-]. The lowest BCUT2D eigenvalue weighted by molar-refractivity contribution is -0.385. The number of carbonyl (C=O) groups excluding carboxylic acids is 2. The van der Waals surface area contributed by atoms with Crippen LogP contribution in [0.25, 0.3) is 11.1 Å². The molecule has 170 valence electrons. The minimum atomic E-state index is -4.48. The lowest BCUT2D eigenvalue weighted by atomic mass is 9.98. The summed E-state index contributed by atoms with van der Waals surface area (Å²) < 4.78 is 43.5. The zero-order valence-corrected chi connectivity index (χ0v) is 17.2. The number of hydrogen-bond acceptors (Lipinski definition) is 5. The Labute approximate surface area is 186 Å². The van der Waals surface area contributed by atoms with Crippen LogP contribution in [0.1, 0.15) is 21.5 Å². The third-order valence-electron chi connectivity index (χ3n) is 4.78. The number of nitrogens with zero attached hydrogens (tertiary/aromatic N) is 1. The predicted octanol–water partition coefficient (Wildman–Crippen LogP) is 5.38. The number of anilines is 1. The summed E-state index contributed by atoms with van der Waals surface area (Å²) in [5.74, 6) is -1.56. The summed E-state index contributed by atoms with van der Waals surface area (Å²) in [5, 5.41) is 13.5. The number of benzene rings is 3. The van der Waals surface area contributed by atoms with Crippen LogP contribution < -0.4 is 5.32 Å². The summed E-state index contributed by atoms with van der Waals surface area (Å²) in [7, 11) is 0. The monoisotopic (exact) mass is 458 g/mol. The van der Waals surface area contributed by atoms with Crippen molar-refractivity contribution < 1.29 is 32.4 Å². The number of nitro groups is 1. The van der Waals surface area contributed by atoms with E-state index in [9.17, 15) is 32.9 Å².